The van der Waals surface area contributed by atoms with Gasteiger partial charge in [-0.25, -0.2) is 0 Å². The Morgan fingerprint density at radius 3 is 2.95 bits per heavy atom. The number of hydrogen-bond donors (Lipinski definition) is 2. The molecule has 0 saturated carbocycles. The molecule has 1 aromatic heterocycles. The Bertz CT molecular complexity index is 453. The van der Waals surface area contributed by atoms with Crippen LogP contribution in [0.2, 0.25) is 0 Å². The standard InChI is InChI=1S/C15H24N4/c1-15(2)6-4-9-19(10-7-15)11-12-5-3-8-18-13(12)14(16)17/h3,5,8H,4,6-7,9-11H2,1-2H3,(H3,16,17). The third kappa shape index (κ3) is 3.77. The van der Waals surface area contributed by atoms with Gasteiger partial charge in [0.15, 0.2) is 0 Å². The number of pyridine rings is 1. The van der Waals surface area contributed by atoms with E-state index in [0.717, 1.165) is 25.2 Å². The van der Waals surface area contributed by atoms with Crippen LogP contribution in [0.15, 0.2) is 18.3 Å². The summed E-state index contributed by atoms with van der Waals surface area (Å²) < 4.78 is 0. The molecule has 0 aliphatic carbocycles. The summed E-state index contributed by atoms with van der Waals surface area (Å²) >= 11 is 0. The van der Waals surface area contributed by atoms with Crippen LogP contribution in [0.3, 0.4) is 0 Å². The number of nitrogen functional groups attached to an aromatic ring is 1. The first-order valence-electron chi connectivity index (χ1n) is 6.99. The third-order valence-electron chi connectivity index (χ3n) is 3.97. The van der Waals surface area contributed by atoms with Crippen molar-refractivity contribution < 1.29 is 0 Å². The van der Waals surface area contributed by atoms with Crippen LogP contribution >= 0.6 is 0 Å². The number of aromatic nitrogens is 1. The van der Waals surface area contributed by atoms with Crippen LogP contribution in [-0.2, 0) is 6.54 Å². The van der Waals surface area contributed by atoms with Crippen LogP contribution in [-0.4, -0.2) is 28.8 Å². The Morgan fingerprint density at radius 2 is 2.21 bits per heavy atom. The summed E-state index contributed by atoms with van der Waals surface area (Å²) in [7, 11) is 0. The molecule has 0 radical (unpaired) electrons. The van der Waals surface area contributed by atoms with Gasteiger partial charge in [-0.15, -0.1) is 0 Å². The van der Waals surface area contributed by atoms with Crippen LogP contribution in [0.5, 0.6) is 0 Å². The first-order valence-corrected chi connectivity index (χ1v) is 6.99. The molecular weight excluding hydrogens is 236 g/mol. The van der Waals surface area contributed by atoms with Gasteiger partial charge in [-0.3, -0.25) is 15.3 Å². The minimum Gasteiger partial charge on any atom is -0.382 e. The fraction of sp³-hybridized carbons (Fsp3) is 0.600. The second-order valence-electron chi connectivity index (χ2n) is 6.22. The van der Waals surface area contributed by atoms with Gasteiger partial charge in [0.25, 0.3) is 0 Å². The summed E-state index contributed by atoms with van der Waals surface area (Å²) in [6, 6.07) is 3.95. The minimum absolute atomic E-state index is 0.0609. The molecule has 1 aromatic rings. The third-order valence-corrected chi connectivity index (χ3v) is 3.97. The fourth-order valence-corrected chi connectivity index (χ4v) is 2.69. The van der Waals surface area contributed by atoms with E-state index in [4.69, 9.17) is 11.1 Å². The topological polar surface area (TPSA) is 66.0 Å². The molecule has 1 saturated heterocycles. The van der Waals surface area contributed by atoms with Crippen LogP contribution < -0.4 is 5.73 Å². The lowest BCUT2D eigenvalue weighted by Crippen LogP contribution is -2.27. The molecule has 0 unspecified atom stereocenters. The molecule has 0 amide bonds. The molecule has 0 aromatic carbocycles. The van der Waals surface area contributed by atoms with Crippen LogP contribution in [0.1, 0.15) is 44.4 Å². The van der Waals surface area contributed by atoms with Crippen molar-refractivity contribution in [2.75, 3.05) is 13.1 Å². The Balaban J connectivity index is 2.07. The van der Waals surface area contributed by atoms with Crippen molar-refractivity contribution in [1.29, 1.82) is 5.41 Å². The van der Waals surface area contributed by atoms with Gasteiger partial charge in [-0.2, -0.15) is 0 Å². The van der Waals surface area contributed by atoms with Gasteiger partial charge >= 0.3 is 0 Å². The number of nitrogens with zero attached hydrogens (tertiary/aromatic N) is 2. The fourth-order valence-electron chi connectivity index (χ4n) is 2.69. The first-order chi connectivity index (χ1) is 8.98. The summed E-state index contributed by atoms with van der Waals surface area (Å²) in [5, 5.41) is 7.60. The summed E-state index contributed by atoms with van der Waals surface area (Å²) in [4.78, 5) is 6.68. The normalized spacial score (nSPS) is 19.9. The van der Waals surface area contributed by atoms with E-state index in [1.54, 1.807) is 6.20 Å². The van der Waals surface area contributed by atoms with Gasteiger partial charge in [-0.1, -0.05) is 19.9 Å². The van der Waals surface area contributed by atoms with Crippen molar-refractivity contribution in [2.45, 2.75) is 39.7 Å². The molecule has 0 spiro atoms. The molecular formula is C15H24N4. The van der Waals surface area contributed by atoms with Gasteiger partial charge in [0.05, 0.1) is 0 Å². The maximum Gasteiger partial charge on any atom is 0.142 e. The molecule has 0 bridgehead atoms. The van der Waals surface area contributed by atoms with Crippen LogP contribution in [0, 0.1) is 10.8 Å². The molecule has 2 heterocycles. The van der Waals surface area contributed by atoms with Gasteiger partial charge in [0.1, 0.15) is 11.5 Å². The van der Waals surface area contributed by atoms with E-state index in [0.29, 0.717) is 11.1 Å². The molecule has 1 aliphatic heterocycles. The molecule has 4 heteroatoms. The SMILES string of the molecule is CC1(C)CCCN(Cc2cccnc2C(=N)N)CC1. The molecule has 2 rings (SSSR count). The van der Waals surface area contributed by atoms with E-state index in [9.17, 15) is 0 Å². The highest BCUT2D eigenvalue weighted by atomic mass is 15.1. The van der Waals surface area contributed by atoms with E-state index in [1.807, 2.05) is 12.1 Å². The van der Waals surface area contributed by atoms with Gasteiger partial charge in [-0.05, 0) is 49.4 Å². The van der Waals surface area contributed by atoms with E-state index in [2.05, 4.69) is 23.7 Å². The summed E-state index contributed by atoms with van der Waals surface area (Å²) in [6.07, 6.45) is 5.45. The predicted molar refractivity (Wildman–Crippen MR) is 78.2 cm³/mol. The number of likely N-dealkylation sites (tertiary alicyclic amines) is 1. The minimum atomic E-state index is 0.0609. The summed E-state index contributed by atoms with van der Waals surface area (Å²) in [6.45, 7) is 7.77. The zero-order valence-electron chi connectivity index (χ0n) is 11.9. The highest BCUT2D eigenvalue weighted by Crippen LogP contribution is 2.30. The zero-order valence-corrected chi connectivity index (χ0v) is 11.9. The second kappa shape index (κ2) is 5.70. The van der Waals surface area contributed by atoms with E-state index in [-0.39, 0.29) is 5.84 Å². The van der Waals surface area contributed by atoms with E-state index < -0.39 is 0 Å². The Kier molecular flexibility index (Phi) is 4.20. The molecule has 1 fully saturated rings. The van der Waals surface area contributed by atoms with Crippen molar-refractivity contribution in [2.24, 2.45) is 11.1 Å². The Morgan fingerprint density at radius 1 is 1.42 bits per heavy atom. The highest BCUT2D eigenvalue weighted by molar-refractivity contribution is 5.94. The van der Waals surface area contributed by atoms with Crippen molar-refractivity contribution in [3.63, 3.8) is 0 Å². The summed E-state index contributed by atoms with van der Waals surface area (Å²) in [5.41, 5.74) is 7.74. The largest absolute Gasteiger partial charge is 0.382 e. The second-order valence-corrected chi connectivity index (χ2v) is 6.22. The smallest absolute Gasteiger partial charge is 0.142 e. The predicted octanol–water partition coefficient (Wildman–Crippen LogP) is 2.38. The number of hydrogen-bond acceptors (Lipinski definition) is 3. The van der Waals surface area contributed by atoms with E-state index in [1.165, 1.54) is 19.3 Å². The zero-order chi connectivity index (χ0) is 13.9. The quantitative estimate of drug-likeness (QED) is 0.647. The number of rotatable bonds is 3. The van der Waals surface area contributed by atoms with Crippen molar-refractivity contribution in [1.82, 2.24) is 9.88 Å². The van der Waals surface area contributed by atoms with Gasteiger partial charge in [0, 0.05) is 12.7 Å². The molecule has 0 atom stereocenters. The number of nitrogens with one attached hydrogen (secondary N) is 1. The first kappa shape index (κ1) is 14.0. The van der Waals surface area contributed by atoms with Crippen molar-refractivity contribution >= 4 is 5.84 Å². The number of amidine groups is 1. The van der Waals surface area contributed by atoms with Crippen molar-refractivity contribution in [3.05, 3.63) is 29.6 Å². The highest BCUT2D eigenvalue weighted by Gasteiger charge is 2.23. The van der Waals surface area contributed by atoms with Crippen molar-refractivity contribution in [3.8, 4) is 0 Å². The molecule has 4 nitrogen and oxygen atoms in total. The lowest BCUT2D eigenvalue weighted by molar-refractivity contribution is 0.255. The average molecular weight is 260 g/mol. The van der Waals surface area contributed by atoms with Gasteiger partial charge < -0.3 is 5.73 Å². The lowest BCUT2D eigenvalue weighted by Gasteiger charge is -2.23. The summed E-state index contributed by atoms with van der Waals surface area (Å²) in [5.74, 6) is 0.0609. The lowest BCUT2D eigenvalue weighted by atomic mass is 9.85. The molecule has 3 N–H and O–H groups in total. The van der Waals surface area contributed by atoms with Crippen LogP contribution in [0.4, 0.5) is 0 Å². The van der Waals surface area contributed by atoms with E-state index >= 15 is 0 Å². The van der Waals surface area contributed by atoms with Crippen LogP contribution in [0.25, 0.3) is 0 Å². The Labute approximate surface area is 115 Å². The maximum absolute atomic E-state index is 7.60. The molecule has 19 heavy (non-hydrogen) atoms. The monoisotopic (exact) mass is 260 g/mol. The number of nitrogens with two attached hydrogens (primary N) is 1. The van der Waals surface area contributed by atoms with Gasteiger partial charge in [0.2, 0.25) is 0 Å². The molecule has 1 aliphatic rings. The Hall–Kier alpha value is -1.42. The molecule has 104 valence electrons. The average Bonchev–Trinajstić information content (AvgIpc) is 2.51. The maximum atomic E-state index is 7.60.